The Kier molecular flexibility index (Phi) is 4.91. The van der Waals surface area contributed by atoms with Crippen LogP contribution in [-0.2, 0) is 4.79 Å². The Morgan fingerprint density at radius 3 is 2.44 bits per heavy atom. The lowest BCUT2D eigenvalue weighted by atomic mass is 10.1. The lowest BCUT2D eigenvalue weighted by molar-refractivity contribution is -0.141. The number of aliphatic carboxylic acids is 1. The molecule has 0 aliphatic rings. The van der Waals surface area contributed by atoms with Crippen molar-refractivity contribution in [2.45, 2.75) is 19.1 Å². The summed E-state index contributed by atoms with van der Waals surface area (Å²) < 4.78 is 0.743. The molecule has 1 rings (SSSR count). The SMILES string of the molecule is C[C@@H](O)[C@H](NC(=O)c1ccc(I)cc1O)C(=O)O. The molecule has 0 heterocycles. The van der Waals surface area contributed by atoms with Gasteiger partial charge in [-0.25, -0.2) is 4.79 Å². The number of aliphatic hydroxyl groups is 1. The minimum absolute atomic E-state index is 0.0395. The van der Waals surface area contributed by atoms with Crippen molar-refractivity contribution in [2.24, 2.45) is 0 Å². The molecule has 98 valence electrons. The van der Waals surface area contributed by atoms with Crippen molar-refractivity contribution in [3.05, 3.63) is 27.3 Å². The van der Waals surface area contributed by atoms with E-state index in [1.54, 1.807) is 6.07 Å². The maximum atomic E-state index is 11.7. The monoisotopic (exact) mass is 365 g/mol. The molecule has 0 radical (unpaired) electrons. The van der Waals surface area contributed by atoms with E-state index < -0.39 is 24.0 Å². The number of nitrogens with one attached hydrogen (secondary N) is 1. The van der Waals surface area contributed by atoms with Crippen molar-refractivity contribution in [1.29, 1.82) is 0 Å². The third-order valence-corrected chi connectivity index (χ3v) is 2.91. The van der Waals surface area contributed by atoms with E-state index in [0.717, 1.165) is 3.57 Å². The first-order valence-corrected chi connectivity index (χ1v) is 6.11. The normalized spacial score (nSPS) is 13.7. The standard InChI is InChI=1S/C11H12INO5/c1-5(14)9(11(17)18)13-10(16)7-3-2-6(12)4-8(7)15/h2-5,9,14-15H,1H3,(H,13,16)(H,17,18)/t5-,9+/m1/s1. The highest BCUT2D eigenvalue weighted by molar-refractivity contribution is 14.1. The molecule has 0 saturated heterocycles. The van der Waals surface area contributed by atoms with Crippen LogP contribution in [0.15, 0.2) is 18.2 Å². The molecule has 4 N–H and O–H groups in total. The van der Waals surface area contributed by atoms with Crippen LogP contribution in [0.5, 0.6) is 5.75 Å². The maximum Gasteiger partial charge on any atom is 0.328 e. The molecule has 1 amide bonds. The number of aliphatic hydroxyl groups excluding tert-OH is 1. The average Bonchev–Trinajstić information content (AvgIpc) is 2.24. The number of benzene rings is 1. The highest BCUT2D eigenvalue weighted by Crippen LogP contribution is 2.20. The first-order valence-electron chi connectivity index (χ1n) is 5.03. The highest BCUT2D eigenvalue weighted by atomic mass is 127. The summed E-state index contributed by atoms with van der Waals surface area (Å²) in [4.78, 5) is 22.6. The number of carboxylic acids is 1. The van der Waals surface area contributed by atoms with Gasteiger partial charge in [0.05, 0.1) is 11.7 Å². The zero-order valence-electron chi connectivity index (χ0n) is 9.42. The summed E-state index contributed by atoms with van der Waals surface area (Å²) in [7, 11) is 0. The Labute approximate surface area is 117 Å². The summed E-state index contributed by atoms with van der Waals surface area (Å²) in [6.07, 6.45) is -1.24. The largest absolute Gasteiger partial charge is 0.507 e. The summed E-state index contributed by atoms with van der Waals surface area (Å²) in [5.74, 6) is -2.34. The van der Waals surface area contributed by atoms with Gasteiger partial charge in [0.15, 0.2) is 6.04 Å². The van der Waals surface area contributed by atoms with Gasteiger partial charge in [0.25, 0.3) is 5.91 Å². The van der Waals surface area contributed by atoms with E-state index in [9.17, 15) is 19.8 Å². The van der Waals surface area contributed by atoms with Gasteiger partial charge in [-0.1, -0.05) is 0 Å². The third-order valence-electron chi connectivity index (χ3n) is 2.24. The number of carbonyl (C=O) groups excluding carboxylic acids is 1. The number of rotatable bonds is 4. The summed E-state index contributed by atoms with van der Waals surface area (Å²) >= 11 is 1.97. The van der Waals surface area contributed by atoms with E-state index in [1.165, 1.54) is 19.1 Å². The van der Waals surface area contributed by atoms with E-state index in [0.29, 0.717) is 0 Å². The second-order valence-corrected chi connectivity index (χ2v) is 4.94. The average molecular weight is 365 g/mol. The molecule has 0 bridgehead atoms. The maximum absolute atomic E-state index is 11.7. The van der Waals surface area contributed by atoms with Gasteiger partial charge in [0.2, 0.25) is 0 Å². The molecule has 18 heavy (non-hydrogen) atoms. The Hall–Kier alpha value is -1.35. The Balaban J connectivity index is 2.91. The molecule has 0 saturated carbocycles. The zero-order valence-corrected chi connectivity index (χ0v) is 11.6. The molecule has 0 spiro atoms. The van der Waals surface area contributed by atoms with Crippen molar-refractivity contribution in [3.8, 4) is 5.75 Å². The molecule has 7 heteroatoms. The van der Waals surface area contributed by atoms with Gasteiger partial charge in [0.1, 0.15) is 5.75 Å². The molecule has 1 aromatic carbocycles. The second kappa shape index (κ2) is 6.01. The van der Waals surface area contributed by atoms with E-state index in [4.69, 9.17) is 5.11 Å². The topological polar surface area (TPSA) is 107 Å². The van der Waals surface area contributed by atoms with Crippen molar-refractivity contribution in [2.75, 3.05) is 0 Å². The quantitative estimate of drug-likeness (QED) is 0.584. The molecule has 0 unspecified atom stereocenters. The van der Waals surface area contributed by atoms with E-state index in [1.807, 2.05) is 22.6 Å². The number of carbonyl (C=O) groups is 2. The first kappa shape index (κ1) is 14.7. The lowest BCUT2D eigenvalue weighted by Gasteiger charge is -2.17. The third kappa shape index (κ3) is 3.57. The van der Waals surface area contributed by atoms with Crippen LogP contribution in [0.1, 0.15) is 17.3 Å². The summed E-state index contributed by atoms with van der Waals surface area (Å²) in [5, 5.41) is 29.8. The van der Waals surface area contributed by atoms with Crippen molar-refractivity contribution >= 4 is 34.5 Å². The number of phenolic OH excluding ortho intramolecular Hbond substituents is 1. The smallest absolute Gasteiger partial charge is 0.328 e. The van der Waals surface area contributed by atoms with Gasteiger partial charge in [-0.3, -0.25) is 4.79 Å². The van der Waals surface area contributed by atoms with Gasteiger partial charge in [-0.2, -0.15) is 0 Å². The van der Waals surface area contributed by atoms with Crippen LogP contribution >= 0.6 is 22.6 Å². The lowest BCUT2D eigenvalue weighted by Crippen LogP contribution is -2.47. The van der Waals surface area contributed by atoms with Gasteiger partial charge >= 0.3 is 5.97 Å². The molecule has 2 atom stereocenters. The second-order valence-electron chi connectivity index (χ2n) is 3.69. The minimum atomic E-state index is -1.42. The number of hydrogen-bond acceptors (Lipinski definition) is 4. The molecular formula is C11H12INO5. The van der Waals surface area contributed by atoms with Crippen LogP contribution in [0, 0.1) is 3.57 Å². The van der Waals surface area contributed by atoms with Gasteiger partial charge in [-0.05, 0) is 47.7 Å². The molecule has 0 aromatic heterocycles. The fourth-order valence-electron chi connectivity index (χ4n) is 1.30. The molecule has 0 aliphatic heterocycles. The molecular weight excluding hydrogens is 353 g/mol. The number of carboxylic acid groups (broad SMARTS) is 1. The molecule has 0 fully saturated rings. The van der Waals surface area contributed by atoms with E-state index >= 15 is 0 Å². The summed E-state index contributed by atoms with van der Waals surface area (Å²) in [5.41, 5.74) is -0.0395. The fourth-order valence-corrected chi connectivity index (χ4v) is 1.78. The number of amides is 1. The molecule has 1 aromatic rings. The van der Waals surface area contributed by atoms with Crippen LogP contribution in [0.25, 0.3) is 0 Å². The minimum Gasteiger partial charge on any atom is -0.507 e. The van der Waals surface area contributed by atoms with Crippen molar-refractivity contribution in [1.82, 2.24) is 5.32 Å². The van der Waals surface area contributed by atoms with E-state index in [-0.39, 0.29) is 11.3 Å². The summed E-state index contributed by atoms with van der Waals surface area (Å²) in [6, 6.07) is 2.95. The van der Waals surface area contributed by atoms with E-state index in [2.05, 4.69) is 5.32 Å². The Morgan fingerprint density at radius 2 is 2.00 bits per heavy atom. The fraction of sp³-hybridized carbons (Fsp3) is 0.273. The van der Waals surface area contributed by atoms with Gasteiger partial charge < -0.3 is 20.6 Å². The van der Waals surface area contributed by atoms with Crippen molar-refractivity contribution < 1.29 is 24.9 Å². The van der Waals surface area contributed by atoms with Crippen LogP contribution in [0.2, 0.25) is 0 Å². The van der Waals surface area contributed by atoms with Crippen LogP contribution < -0.4 is 5.32 Å². The number of hydrogen-bond donors (Lipinski definition) is 4. The number of aromatic hydroxyl groups is 1. The van der Waals surface area contributed by atoms with Crippen LogP contribution in [0.4, 0.5) is 0 Å². The van der Waals surface area contributed by atoms with Crippen LogP contribution in [-0.4, -0.2) is 39.3 Å². The highest BCUT2D eigenvalue weighted by Gasteiger charge is 2.26. The van der Waals surface area contributed by atoms with Gasteiger partial charge in [0, 0.05) is 3.57 Å². The first-order chi connectivity index (χ1) is 8.32. The summed E-state index contributed by atoms with van der Waals surface area (Å²) in [6.45, 7) is 1.26. The number of phenols is 1. The molecule has 6 nitrogen and oxygen atoms in total. The number of halogens is 1. The van der Waals surface area contributed by atoms with Crippen molar-refractivity contribution in [3.63, 3.8) is 0 Å². The predicted octanol–water partition coefficient (Wildman–Crippen LogP) is 0.561. The molecule has 0 aliphatic carbocycles. The predicted molar refractivity (Wildman–Crippen MR) is 71.4 cm³/mol. The Bertz CT molecular complexity index is 475. The zero-order chi connectivity index (χ0) is 13.9. The van der Waals surface area contributed by atoms with Gasteiger partial charge in [-0.15, -0.1) is 0 Å². The Morgan fingerprint density at radius 1 is 1.39 bits per heavy atom. The van der Waals surface area contributed by atoms with Crippen LogP contribution in [0.3, 0.4) is 0 Å².